The first-order valence-corrected chi connectivity index (χ1v) is 5.74. The standard InChI is InChI=1S/C12H12BrN3/c1-7-8(2)16-12(14)11(15-7)9-3-5-10(13)6-4-9/h3-6H,1-2H3,(H2,14,16). The van der Waals surface area contributed by atoms with E-state index in [2.05, 4.69) is 25.9 Å². The Labute approximate surface area is 103 Å². The molecule has 3 nitrogen and oxygen atoms in total. The van der Waals surface area contributed by atoms with Crippen LogP contribution in [0.2, 0.25) is 0 Å². The van der Waals surface area contributed by atoms with E-state index in [-0.39, 0.29) is 0 Å². The van der Waals surface area contributed by atoms with Gasteiger partial charge in [0, 0.05) is 10.0 Å². The van der Waals surface area contributed by atoms with Crippen molar-refractivity contribution in [2.24, 2.45) is 0 Å². The zero-order valence-electron chi connectivity index (χ0n) is 9.16. The summed E-state index contributed by atoms with van der Waals surface area (Å²) < 4.78 is 1.03. The predicted molar refractivity (Wildman–Crippen MR) is 69.1 cm³/mol. The van der Waals surface area contributed by atoms with Crippen LogP contribution in [-0.2, 0) is 0 Å². The number of nitrogens with two attached hydrogens (primary N) is 1. The lowest BCUT2D eigenvalue weighted by molar-refractivity contribution is 1.06. The van der Waals surface area contributed by atoms with Gasteiger partial charge in [-0.1, -0.05) is 28.1 Å². The molecule has 2 N–H and O–H groups in total. The van der Waals surface area contributed by atoms with Gasteiger partial charge in [-0.25, -0.2) is 9.97 Å². The van der Waals surface area contributed by atoms with Crippen LogP contribution in [0.15, 0.2) is 28.7 Å². The molecule has 0 saturated heterocycles. The predicted octanol–water partition coefficient (Wildman–Crippen LogP) is 3.11. The van der Waals surface area contributed by atoms with Crippen molar-refractivity contribution in [2.45, 2.75) is 13.8 Å². The smallest absolute Gasteiger partial charge is 0.150 e. The molecule has 0 atom stereocenters. The van der Waals surface area contributed by atoms with E-state index < -0.39 is 0 Å². The van der Waals surface area contributed by atoms with Gasteiger partial charge in [0.2, 0.25) is 0 Å². The number of hydrogen-bond donors (Lipinski definition) is 1. The number of rotatable bonds is 1. The maximum Gasteiger partial charge on any atom is 0.150 e. The first-order chi connectivity index (χ1) is 7.58. The Kier molecular flexibility index (Phi) is 2.92. The van der Waals surface area contributed by atoms with Crippen LogP contribution in [-0.4, -0.2) is 9.97 Å². The van der Waals surface area contributed by atoms with Gasteiger partial charge in [0.05, 0.1) is 11.4 Å². The van der Waals surface area contributed by atoms with Gasteiger partial charge >= 0.3 is 0 Å². The number of aryl methyl sites for hydroxylation is 2. The Morgan fingerprint density at radius 2 is 1.56 bits per heavy atom. The van der Waals surface area contributed by atoms with Crippen LogP contribution in [0.3, 0.4) is 0 Å². The highest BCUT2D eigenvalue weighted by atomic mass is 79.9. The summed E-state index contributed by atoms with van der Waals surface area (Å²) in [5.41, 5.74) is 9.39. The van der Waals surface area contributed by atoms with E-state index >= 15 is 0 Å². The molecule has 0 amide bonds. The molecule has 0 aliphatic rings. The fraction of sp³-hybridized carbons (Fsp3) is 0.167. The second-order valence-electron chi connectivity index (χ2n) is 3.64. The van der Waals surface area contributed by atoms with Gasteiger partial charge in [-0.05, 0) is 26.0 Å². The van der Waals surface area contributed by atoms with Crippen molar-refractivity contribution in [2.75, 3.05) is 5.73 Å². The van der Waals surface area contributed by atoms with E-state index in [0.717, 1.165) is 27.1 Å². The molecule has 0 bridgehead atoms. The van der Waals surface area contributed by atoms with Gasteiger partial charge in [0.15, 0.2) is 0 Å². The molecule has 1 heterocycles. The van der Waals surface area contributed by atoms with Gasteiger partial charge < -0.3 is 5.73 Å². The molecular weight excluding hydrogens is 266 g/mol. The van der Waals surface area contributed by atoms with E-state index in [0.29, 0.717) is 5.82 Å². The topological polar surface area (TPSA) is 51.8 Å². The summed E-state index contributed by atoms with van der Waals surface area (Å²) in [4.78, 5) is 8.74. The van der Waals surface area contributed by atoms with Gasteiger partial charge in [-0.15, -0.1) is 0 Å². The monoisotopic (exact) mass is 277 g/mol. The lowest BCUT2D eigenvalue weighted by atomic mass is 10.1. The number of hydrogen-bond acceptors (Lipinski definition) is 3. The first-order valence-electron chi connectivity index (χ1n) is 4.94. The van der Waals surface area contributed by atoms with Gasteiger partial charge in [-0.2, -0.15) is 0 Å². The molecular formula is C12H12BrN3. The van der Waals surface area contributed by atoms with Crippen LogP contribution < -0.4 is 5.73 Å². The Morgan fingerprint density at radius 1 is 1.00 bits per heavy atom. The molecule has 0 radical (unpaired) electrons. The third-order valence-electron chi connectivity index (χ3n) is 2.45. The number of anilines is 1. The van der Waals surface area contributed by atoms with E-state index in [1.807, 2.05) is 38.1 Å². The zero-order valence-corrected chi connectivity index (χ0v) is 10.7. The van der Waals surface area contributed by atoms with E-state index in [1.165, 1.54) is 0 Å². The highest BCUT2D eigenvalue weighted by molar-refractivity contribution is 9.10. The molecule has 0 saturated carbocycles. The summed E-state index contributed by atoms with van der Waals surface area (Å²) in [6, 6.07) is 7.87. The average molecular weight is 278 g/mol. The minimum atomic E-state index is 0.477. The lowest BCUT2D eigenvalue weighted by Gasteiger charge is -2.07. The summed E-state index contributed by atoms with van der Waals surface area (Å²) >= 11 is 3.40. The average Bonchev–Trinajstić information content (AvgIpc) is 2.25. The normalized spacial score (nSPS) is 10.4. The van der Waals surface area contributed by atoms with Crippen molar-refractivity contribution in [3.63, 3.8) is 0 Å². The molecule has 0 fully saturated rings. The second-order valence-corrected chi connectivity index (χ2v) is 4.55. The van der Waals surface area contributed by atoms with Crippen LogP contribution in [0.25, 0.3) is 11.3 Å². The molecule has 16 heavy (non-hydrogen) atoms. The van der Waals surface area contributed by atoms with E-state index in [4.69, 9.17) is 5.73 Å². The number of nitrogen functional groups attached to an aromatic ring is 1. The Morgan fingerprint density at radius 3 is 2.19 bits per heavy atom. The van der Waals surface area contributed by atoms with E-state index in [9.17, 15) is 0 Å². The molecule has 0 unspecified atom stereocenters. The Hall–Kier alpha value is -1.42. The van der Waals surface area contributed by atoms with Crippen molar-refractivity contribution in [3.8, 4) is 11.3 Å². The maximum absolute atomic E-state index is 5.88. The van der Waals surface area contributed by atoms with Crippen LogP contribution in [0.1, 0.15) is 11.4 Å². The fourth-order valence-electron chi connectivity index (χ4n) is 1.44. The molecule has 4 heteroatoms. The molecule has 82 valence electrons. The molecule has 0 aliphatic heterocycles. The minimum absolute atomic E-state index is 0.477. The van der Waals surface area contributed by atoms with Crippen LogP contribution in [0.4, 0.5) is 5.82 Å². The van der Waals surface area contributed by atoms with Crippen LogP contribution in [0.5, 0.6) is 0 Å². The Balaban J connectivity index is 2.56. The summed E-state index contributed by atoms with van der Waals surface area (Å²) in [5.74, 6) is 0.477. The first kappa shape index (κ1) is 11.1. The van der Waals surface area contributed by atoms with Gasteiger partial charge in [-0.3, -0.25) is 0 Å². The number of nitrogens with zero attached hydrogens (tertiary/aromatic N) is 2. The highest BCUT2D eigenvalue weighted by Crippen LogP contribution is 2.24. The molecule has 1 aromatic heterocycles. The largest absolute Gasteiger partial charge is 0.382 e. The van der Waals surface area contributed by atoms with Gasteiger partial charge in [0.1, 0.15) is 11.5 Å². The quantitative estimate of drug-likeness (QED) is 0.872. The minimum Gasteiger partial charge on any atom is -0.382 e. The second kappa shape index (κ2) is 4.22. The molecule has 1 aromatic carbocycles. The van der Waals surface area contributed by atoms with E-state index in [1.54, 1.807) is 0 Å². The Bertz CT molecular complexity index is 521. The van der Waals surface area contributed by atoms with Crippen molar-refractivity contribution in [1.29, 1.82) is 0 Å². The summed E-state index contributed by atoms with van der Waals surface area (Å²) in [5, 5.41) is 0. The lowest BCUT2D eigenvalue weighted by Crippen LogP contribution is -2.02. The maximum atomic E-state index is 5.88. The van der Waals surface area contributed by atoms with Crippen molar-refractivity contribution < 1.29 is 0 Å². The SMILES string of the molecule is Cc1nc(N)c(-c2ccc(Br)cc2)nc1C. The number of benzene rings is 1. The van der Waals surface area contributed by atoms with Crippen LogP contribution in [0, 0.1) is 13.8 Å². The molecule has 2 rings (SSSR count). The molecule has 0 spiro atoms. The number of aromatic nitrogens is 2. The highest BCUT2D eigenvalue weighted by Gasteiger charge is 2.08. The summed E-state index contributed by atoms with van der Waals surface area (Å²) in [6.45, 7) is 3.84. The van der Waals surface area contributed by atoms with Crippen LogP contribution >= 0.6 is 15.9 Å². The van der Waals surface area contributed by atoms with Gasteiger partial charge in [0.25, 0.3) is 0 Å². The molecule has 2 aromatic rings. The molecule has 0 aliphatic carbocycles. The third kappa shape index (κ3) is 2.07. The summed E-state index contributed by atoms with van der Waals surface area (Å²) in [7, 11) is 0. The number of halogens is 1. The third-order valence-corrected chi connectivity index (χ3v) is 2.98. The van der Waals surface area contributed by atoms with Crippen molar-refractivity contribution in [3.05, 3.63) is 40.1 Å². The zero-order chi connectivity index (χ0) is 11.7. The van der Waals surface area contributed by atoms with Crippen molar-refractivity contribution in [1.82, 2.24) is 9.97 Å². The van der Waals surface area contributed by atoms with Crippen molar-refractivity contribution >= 4 is 21.7 Å². The fourth-order valence-corrected chi connectivity index (χ4v) is 1.70. The summed E-state index contributed by atoms with van der Waals surface area (Å²) in [6.07, 6.45) is 0.